The highest BCUT2D eigenvalue weighted by Gasteiger charge is 2.06. The van der Waals surface area contributed by atoms with Gasteiger partial charge in [-0.15, -0.1) is 0 Å². The fraction of sp³-hybridized carbons (Fsp3) is 0.462. The van der Waals surface area contributed by atoms with E-state index in [0.29, 0.717) is 19.5 Å². The molecule has 6 nitrogen and oxygen atoms in total. The number of carbonyl (C=O) groups excluding carboxylic acids is 1. The summed E-state index contributed by atoms with van der Waals surface area (Å²) in [6.07, 6.45) is 4.29. The van der Waals surface area contributed by atoms with Gasteiger partial charge in [0.2, 0.25) is 5.91 Å². The van der Waals surface area contributed by atoms with Crippen molar-refractivity contribution < 1.29 is 4.79 Å². The van der Waals surface area contributed by atoms with Crippen molar-refractivity contribution in [1.29, 1.82) is 0 Å². The molecule has 0 saturated carbocycles. The van der Waals surface area contributed by atoms with Crippen LogP contribution in [-0.4, -0.2) is 25.5 Å². The number of nitrogens with one attached hydrogen (secondary N) is 1. The molecule has 0 spiro atoms. The predicted molar refractivity (Wildman–Crippen MR) is 84.0 cm³/mol. The standard InChI is InChI=1S/C13H18IN5O/c1-3-18-6-4-11(17-18)8-15-13(20)5-7-19-9-12(14)10(2)16-19/h4,6,9H,3,5,7-8H2,1-2H3,(H,15,20). The Morgan fingerprint density at radius 3 is 2.80 bits per heavy atom. The Hall–Kier alpha value is -1.38. The first-order valence-corrected chi connectivity index (χ1v) is 7.65. The van der Waals surface area contributed by atoms with Gasteiger partial charge in [0.25, 0.3) is 0 Å². The fourth-order valence-electron chi connectivity index (χ4n) is 1.78. The van der Waals surface area contributed by atoms with Crippen LogP contribution in [0.1, 0.15) is 24.7 Å². The van der Waals surface area contributed by atoms with E-state index in [1.165, 1.54) is 0 Å². The highest BCUT2D eigenvalue weighted by molar-refractivity contribution is 14.1. The number of carbonyl (C=O) groups is 1. The average Bonchev–Trinajstić information content (AvgIpc) is 3.01. The van der Waals surface area contributed by atoms with Crippen LogP contribution in [0.2, 0.25) is 0 Å². The number of rotatable bonds is 6. The molecule has 2 rings (SSSR count). The van der Waals surface area contributed by atoms with Crippen LogP contribution < -0.4 is 5.32 Å². The number of aromatic nitrogens is 4. The van der Waals surface area contributed by atoms with Gasteiger partial charge in [-0.1, -0.05) is 0 Å². The van der Waals surface area contributed by atoms with E-state index in [2.05, 4.69) is 38.1 Å². The number of aryl methyl sites for hydroxylation is 3. The van der Waals surface area contributed by atoms with Gasteiger partial charge in [-0.05, 0) is 42.5 Å². The Labute approximate surface area is 131 Å². The number of nitrogens with zero attached hydrogens (tertiary/aromatic N) is 4. The van der Waals surface area contributed by atoms with E-state index in [0.717, 1.165) is 21.5 Å². The Balaban J connectivity index is 1.75. The van der Waals surface area contributed by atoms with E-state index < -0.39 is 0 Å². The van der Waals surface area contributed by atoms with Crippen molar-refractivity contribution in [3.8, 4) is 0 Å². The maximum atomic E-state index is 11.8. The van der Waals surface area contributed by atoms with Crippen LogP contribution in [0.15, 0.2) is 18.5 Å². The zero-order valence-electron chi connectivity index (χ0n) is 11.6. The van der Waals surface area contributed by atoms with Crippen LogP contribution >= 0.6 is 22.6 Å². The summed E-state index contributed by atoms with van der Waals surface area (Å²) in [5.74, 6) is 0.0132. The molecule has 7 heteroatoms. The van der Waals surface area contributed by atoms with Crippen LogP contribution in [0.5, 0.6) is 0 Å². The van der Waals surface area contributed by atoms with Gasteiger partial charge in [0, 0.05) is 31.9 Å². The monoisotopic (exact) mass is 387 g/mol. The summed E-state index contributed by atoms with van der Waals surface area (Å²) >= 11 is 2.24. The number of amides is 1. The molecule has 0 atom stereocenters. The van der Waals surface area contributed by atoms with Crippen LogP contribution in [0.4, 0.5) is 0 Å². The average molecular weight is 387 g/mol. The lowest BCUT2D eigenvalue weighted by molar-refractivity contribution is -0.121. The van der Waals surface area contributed by atoms with Crippen molar-refractivity contribution in [3.63, 3.8) is 0 Å². The highest BCUT2D eigenvalue weighted by Crippen LogP contribution is 2.08. The molecule has 0 saturated heterocycles. The Kier molecular flexibility index (Phi) is 5.16. The lowest BCUT2D eigenvalue weighted by atomic mass is 10.3. The molecule has 0 radical (unpaired) electrons. The van der Waals surface area contributed by atoms with Gasteiger partial charge < -0.3 is 5.32 Å². The van der Waals surface area contributed by atoms with Crippen LogP contribution in [0, 0.1) is 10.5 Å². The van der Waals surface area contributed by atoms with Crippen molar-refractivity contribution in [2.75, 3.05) is 0 Å². The quantitative estimate of drug-likeness (QED) is 0.768. The van der Waals surface area contributed by atoms with Gasteiger partial charge in [0.15, 0.2) is 0 Å². The van der Waals surface area contributed by atoms with Crippen molar-refractivity contribution in [1.82, 2.24) is 24.9 Å². The summed E-state index contributed by atoms with van der Waals surface area (Å²) in [4.78, 5) is 11.8. The smallest absolute Gasteiger partial charge is 0.222 e. The molecule has 0 aromatic carbocycles. The van der Waals surface area contributed by atoms with Crippen LogP contribution in [0.3, 0.4) is 0 Å². The maximum Gasteiger partial charge on any atom is 0.222 e. The summed E-state index contributed by atoms with van der Waals surface area (Å²) in [5.41, 5.74) is 1.88. The maximum absolute atomic E-state index is 11.8. The van der Waals surface area contributed by atoms with E-state index in [1.54, 1.807) is 0 Å². The summed E-state index contributed by atoms with van der Waals surface area (Å²) in [6, 6.07) is 1.92. The minimum atomic E-state index is 0.0132. The number of hydrogen-bond donors (Lipinski definition) is 1. The largest absolute Gasteiger partial charge is 0.350 e. The third kappa shape index (κ3) is 4.06. The van der Waals surface area contributed by atoms with Gasteiger partial charge in [0.05, 0.1) is 21.5 Å². The third-order valence-electron chi connectivity index (χ3n) is 2.94. The Morgan fingerprint density at radius 2 is 2.20 bits per heavy atom. The molecule has 2 aromatic rings. The summed E-state index contributed by atoms with van der Waals surface area (Å²) < 4.78 is 4.77. The van der Waals surface area contributed by atoms with E-state index in [9.17, 15) is 4.79 Å². The molecule has 1 N–H and O–H groups in total. The highest BCUT2D eigenvalue weighted by atomic mass is 127. The first-order valence-electron chi connectivity index (χ1n) is 6.57. The first kappa shape index (κ1) is 15.0. The normalized spacial score (nSPS) is 10.8. The fourth-order valence-corrected chi connectivity index (χ4v) is 2.21. The van der Waals surface area contributed by atoms with Crippen LogP contribution in [-0.2, 0) is 24.4 Å². The molecule has 0 bridgehead atoms. The molecule has 0 aliphatic heterocycles. The lowest BCUT2D eigenvalue weighted by Crippen LogP contribution is -2.24. The second-order valence-electron chi connectivity index (χ2n) is 4.52. The second kappa shape index (κ2) is 6.87. The van der Waals surface area contributed by atoms with E-state index >= 15 is 0 Å². The minimum absolute atomic E-state index is 0.0132. The van der Waals surface area contributed by atoms with Gasteiger partial charge in [-0.2, -0.15) is 10.2 Å². The first-order chi connectivity index (χ1) is 9.58. The van der Waals surface area contributed by atoms with E-state index in [1.807, 2.05) is 41.7 Å². The molecule has 2 heterocycles. The van der Waals surface area contributed by atoms with Crippen molar-refractivity contribution in [2.24, 2.45) is 0 Å². The van der Waals surface area contributed by atoms with Crippen molar-refractivity contribution >= 4 is 28.5 Å². The minimum Gasteiger partial charge on any atom is -0.350 e. The molecule has 0 fully saturated rings. The second-order valence-corrected chi connectivity index (χ2v) is 5.68. The SMILES string of the molecule is CCn1ccc(CNC(=O)CCn2cc(I)c(C)n2)n1. The summed E-state index contributed by atoms with van der Waals surface area (Å²) in [5, 5.41) is 11.5. The predicted octanol–water partition coefficient (Wildman–Crippen LogP) is 1.72. The molecule has 0 aliphatic rings. The van der Waals surface area contributed by atoms with Crippen molar-refractivity contribution in [3.05, 3.63) is 33.4 Å². The van der Waals surface area contributed by atoms with Crippen LogP contribution in [0.25, 0.3) is 0 Å². The summed E-state index contributed by atoms with van der Waals surface area (Å²) in [7, 11) is 0. The molecular weight excluding hydrogens is 369 g/mol. The number of halogens is 1. The van der Waals surface area contributed by atoms with Gasteiger partial charge in [0.1, 0.15) is 0 Å². The summed E-state index contributed by atoms with van der Waals surface area (Å²) in [6.45, 7) is 5.90. The zero-order chi connectivity index (χ0) is 14.5. The van der Waals surface area contributed by atoms with Gasteiger partial charge >= 0.3 is 0 Å². The molecule has 1 amide bonds. The molecule has 2 aromatic heterocycles. The molecule has 108 valence electrons. The zero-order valence-corrected chi connectivity index (χ0v) is 13.8. The molecule has 20 heavy (non-hydrogen) atoms. The number of hydrogen-bond acceptors (Lipinski definition) is 3. The Morgan fingerprint density at radius 1 is 1.40 bits per heavy atom. The lowest BCUT2D eigenvalue weighted by Gasteiger charge is -2.03. The van der Waals surface area contributed by atoms with Crippen molar-refractivity contribution in [2.45, 2.75) is 39.9 Å². The molecular formula is C13H18IN5O. The Bertz CT molecular complexity index is 570. The topological polar surface area (TPSA) is 64.7 Å². The van der Waals surface area contributed by atoms with E-state index in [4.69, 9.17) is 0 Å². The van der Waals surface area contributed by atoms with Gasteiger partial charge in [-0.25, -0.2) is 0 Å². The molecule has 0 aliphatic carbocycles. The third-order valence-corrected chi connectivity index (χ3v) is 4.00. The van der Waals surface area contributed by atoms with E-state index in [-0.39, 0.29) is 5.91 Å². The van der Waals surface area contributed by atoms with Gasteiger partial charge in [-0.3, -0.25) is 14.2 Å². The molecule has 0 unspecified atom stereocenters.